The van der Waals surface area contributed by atoms with Gasteiger partial charge in [0.25, 0.3) is 5.91 Å². The predicted octanol–water partition coefficient (Wildman–Crippen LogP) is 4.02. The molecule has 1 heterocycles. The first kappa shape index (κ1) is 21.1. The van der Waals surface area contributed by atoms with Crippen LogP contribution >= 0.6 is 0 Å². The van der Waals surface area contributed by atoms with Crippen molar-refractivity contribution in [3.8, 4) is 5.75 Å². The minimum atomic E-state index is -0.161. The molecule has 1 aliphatic rings. The van der Waals surface area contributed by atoms with Crippen molar-refractivity contribution in [3.63, 3.8) is 0 Å². The van der Waals surface area contributed by atoms with Crippen molar-refractivity contribution in [1.82, 2.24) is 9.80 Å². The molecule has 0 aromatic heterocycles. The van der Waals surface area contributed by atoms with Crippen molar-refractivity contribution in [2.45, 2.75) is 13.1 Å². The van der Waals surface area contributed by atoms with Crippen LogP contribution in [0, 0.1) is 0 Å². The Labute approximate surface area is 184 Å². The topological polar surface area (TPSA) is 44.8 Å². The predicted molar refractivity (Wildman–Crippen MR) is 124 cm³/mol. The van der Waals surface area contributed by atoms with Crippen molar-refractivity contribution < 1.29 is 9.53 Å². The maximum absolute atomic E-state index is 12.1. The normalized spacial score (nSPS) is 14.8. The number of nitrogens with zero attached hydrogens (tertiary/aromatic N) is 2. The van der Waals surface area contributed by atoms with E-state index in [1.54, 1.807) is 0 Å². The molecule has 5 heteroatoms. The van der Waals surface area contributed by atoms with Crippen molar-refractivity contribution in [3.05, 3.63) is 96.1 Å². The number of rotatable bonds is 8. The average Bonchev–Trinajstić information content (AvgIpc) is 2.82. The third-order valence-corrected chi connectivity index (χ3v) is 5.47. The van der Waals surface area contributed by atoms with E-state index in [0.717, 1.165) is 45.0 Å². The van der Waals surface area contributed by atoms with E-state index >= 15 is 0 Å². The molecule has 1 fully saturated rings. The fraction of sp³-hybridized carbons (Fsp3) is 0.269. The number of nitrogens with one attached hydrogen (secondary N) is 1. The van der Waals surface area contributed by atoms with Crippen LogP contribution in [-0.2, 0) is 17.9 Å². The fourth-order valence-corrected chi connectivity index (χ4v) is 3.76. The SMILES string of the molecule is O=C(COc1ccccc1)Nc1ccc(CN2CCN(Cc3ccccc3)CC2)cc1. The van der Waals surface area contributed by atoms with Crippen molar-refractivity contribution >= 4 is 11.6 Å². The molecular formula is C26H29N3O2. The van der Waals surface area contributed by atoms with Gasteiger partial charge in [-0.2, -0.15) is 0 Å². The third kappa shape index (κ3) is 6.67. The first-order chi connectivity index (χ1) is 15.2. The number of carbonyl (C=O) groups excluding carboxylic acids is 1. The maximum Gasteiger partial charge on any atom is 0.262 e. The number of anilines is 1. The van der Waals surface area contributed by atoms with Crippen molar-refractivity contribution in [2.24, 2.45) is 0 Å². The van der Waals surface area contributed by atoms with Gasteiger partial charge in [-0.1, -0.05) is 60.7 Å². The zero-order valence-electron chi connectivity index (χ0n) is 17.7. The van der Waals surface area contributed by atoms with Gasteiger partial charge in [0.2, 0.25) is 0 Å². The van der Waals surface area contributed by atoms with E-state index in [0.29, 0.717) is 5.75 Å². The van der Waals surface area contributed by atoms with Crippen LogP contribution < -0.4 is 10.1 Å². The molecule has 0 radical (unpaired) electrons. The number of carbonyl (C=O) groups is 1. The van der Waals surface area contributed by atoms with E-state index in [-0.39, 0.29) is 12.5 Å². The molecule has 0 spiro atoms. The van der Waals surface area contributed by atoms with Crippen LogP contribution in [0.1, 0.15) is 11.1 Å². The summed E-state index contributed by atoms with van der Waals surface area (Å²) < 4.78 is 5.49. The van der Waals surface area contributed by atoms with Crippen LogP contribution in [0.25, 0.3) is 0 Å². The van der Waals surface area contributed by atoms with Gasteiger partial charge < -0.3 is 10.1 Å². The Morgan fingerprint density at radius 3 is 1.81 bits per heavy atom. The molecule has 3 aromatic rings. The van der Waals surface area contributed by atoms with Crippen LogP contribution in [0.15, 0.2) is 84.9 Å². The van der Waals surface area contributed by atoms with Gasteiger partial charge in [-0.25, -0.2) is 0 Å². The Balaban J connectivity index is 1.19. The first-order valence-electron chi connectivity index (χ1n) is 10.8. The van der Waals surface area contributed by atoms with Gasteiger partial charge in [-0.3, -0.25) is 14.6 Å². The standard InChI is InChI=1S/C26H29N3O2/c30-26(21-31-25-9-5-2-6-10-25)27-24-13-11-23(12-14-24)20-29-17-15-28(16-18-29)19-22-7-3-1-4-8-22/h1-14H,15-21H2,(H,27,30). The van der Waals surface area contributed by atoms with Crippen molar-refractivity contribution in [2.75, 3.05) is 38.1 Å². The van der Waals surface area contributed by atoms with E-state index in [4.69, 9.17) is 4.74 Å². The van der Waals surface area contributed by atoms with E-state index < -0.39 is 0 Å². The molecule has 0 saturated carbocycles. The number of ether oxygens (including phenoxy) is 1. The van der Waals surface area contributed by atoms with Gasteiger partial charge in [0, 0.05) is 45.0 Å². The molecule has 160 valence electrons. The largest absolute Gasteiger partial charge is 0.484 e. The summed E-state index contributed by atoms with van der Waals surface area (Å²) in [5, 5.41) is 2.89. The number of benzene rings is 3. The Hall–Kier alpha value is -3.15. The summed E-state index contributed by atoms with van der Waals surface area (Å²) in [4.78, 5) is 17.1. The Kier molecular flexibility index (Phi) is 7.32. The summed E-state index contributed by atoms with van der Waals surface area (Å²) in [7, 11) is 0. The quantitative estimate of drug-likeness (QED) is 0.604. The van der Waals surface area contributed by atoms with Gasteiger partial charge >= 0.3 is 0 Å². The lowest BCUT2D eigenvalue weighted by atomic mass is 10.1. The van der Waals surface area contributed by atoms with E-state index in [2.05, 4.69) is 57.6 Å². The molecule has 0 unspecified atom stereocenters. The lowest BCUT2D eigenvalue weighted by molar-refractivity contribution is -0.118. The molecule has 1 aliphatic heterocycles. The molecule has 1 saturated heterocycles. The zero-order chi connectivity index (χ0) is 21.3. The van der Waals surface area contributed by atoms with Crippen LogP contribution in [0.5, 0.6) is 5.75 Å². The highest BCUT2D eigenvalue weighted by Crippen LogP contribution is 2.15. The molecule has 1 amide bonds. The number of hydrogen-bond donors (Lipinski definition) is 1. The summed E-state index contributed by atoms with van der Waals surface area (Å²) in [5.41, 5.74) is 3.43. The van der Waals surface area contributed by atoms with Crippen LogP contribution in [0.2, 0.25) is 0 Å². The Bertz CT molecular complexity index is 937. The third-order valence-electron chi connectivity index (χ3n) is 5.47. The second kappa shape index (κ2) is 10.8. The first-order valence-corrected chi connectivity index (χ1v) is 10.8. The second-order valence-electron chi connectivity index (χ2n) is 7.88. The fourth-order valence-electron chi connectivity index (χ4n) is 3.76. The summed E-state index contributed by atoms with van der Waals surface area (Å²) in [6.07, 6.45) is 0. The minimum Gasteiger partial charge on any atom is -0.484 e. The van der Waals surface area contributed by atoms with Gasteiger partial charge in [0.15, 0.2) is 6.61 Å². The average molecular weight is 416 g/mol. The Morgan fingerprint density at radius 1 is 0.710 bits per heavy atom. The summed E-state index contributed by atoms with van der Waals surface area (Å²) in [6, 6.07) is 28.1. The zero-order valence-corrected chi connectivity index (χ0v) is 17.7. The molecule has 1 N–H and O–H groups in total. The molecule has 0 atom stereocenters. The highest BCUT2D eigenvalue weighted by Gasteiger charge is 2.17. The van der Waals surface area contributed by atoms with Gasteiger partial charge in [0.05, 0.1) is 0 Å². The van der Waals surface area contributed by atoms with Crippen LogP contribution in [-0.4, -0.2) is 48.5 Å². The van der Waals surface area contributed by atoms with Gasteiger partial charge in [-0.15, -0.1) is 0 Å². The van der Waals surface area contributed by atoms with E-state index in [1.165, 1.54) is 11.1 Å². The lowest BCUT2D eigenvalue weighted by Crippen LogP contribution is -2.45. The molecule has 4 rings (SSSR count). The Morgan fingerprint density at radius 2 is 1.23 bits per heavy atom. The van der Waals surface area contributed by atoms with Crippen molar-refractivity contribution in [1.29, 1.82) is 0 Å². The van der Waals surface area contributed by atoms with E-state index in [9.17, 15) is 4.79 Å². The van der Waals surface area contributed by atoms with Crippen LogP contribution in [0.3, 0.4) is 0 Å². The molecule has 3 aromatic carbocycles. The van der Waals surface area contributed by atoms with Crippen LogP contribution in [0.4, 0.5) is 5.69 Å². The maximum atomic E-state index is 12.1. The minimum absolute atomic E-state index is 0.000968. The molecule has 5 nitrogen and oxygen atoms in total. The number of para-hydroxylation sites is 1. The number of piperazine rings is 1. The number of amides is 1. The molecule has 0 bridgehead atoms. The van der Waals surface area contributed by atoms with Gasteiger partial charge in [0.1, 0.15) is 5.75 Å². The van der Waals surface area contributed by atoms with E-state index in [1.807, 2.05) is 42.5 Å². The second-order valence-corrected chi connectivity index (χ2v) is 7.88. The number of hydrogen-bond acceptors (Lipinski definition) is 4. The summed E-state index contributed by atoms with van der Waals surface area (Å²) in [5.74, 6) is 0.531. The van der Waals surface area contributed by atoms with Gasteiger partial charge in [-0.05, 0) is 35.4 Å². The monoisotopic (exact) mass is 415 g/mol. The summed E-state index contributed by atoms with van der Waals surface area (Å²) in [6.45, 7) is 6.28. The summed E-state index contributed by atoms with van der Waals surface area (Å²) >= 11 is 0. The molecule has 0 aliphatic carbocycles. The lowest BCUT2D eigenvalue weighted by Gasteiger charge is -2.34. The highest BCUT2D eigenvalue weighted by atomic mass is 16.5. The molecule has 31 heavy (non-hydrogen) atoms. The smallest absolute Gasteiger partial charge is 0.262 e. The highest BCUT2D eigenvalue weighted by molar-refractivity contribution is 5.91. The molecular weight excluding hydrogens is 386 g/mol.